The summed E-state index contributed by atoms with van der Waals surface area (Å²) in [4.78, 5) is 47.6. The lowest BCUT2D eigenvalue weighted by Crippen LogP contribution is -2.55. The number of likely N-dealkylation sites (N-methyl/N-ethyl adjacent to an activating group) is 1. The molecule has 10 heteroatoms. The molecule has 0 bridgehead atoms. The first kappa shape index (κ1) is 22.0. The number of hydrogen-bond donors (Lipinski definition) is 3. The zero-order valence-electron chi connectivity index (χ0n) is 14.3. The average molecular weight is 365 g/mol. The number of carboxylic acid groups (broad SMARTS) is 1. The number of nitrogens with one attached hydrogen (secondary N) is 2. The molecule has 0 aliphatic heterocycles. The molecule has 4 amide bonds. The largest absolute Gasteiger partial charge is 0.465 e. The Morgan fingerprint density at radius 2 is 1.79 bits per heavy atom. The van der Waals surface area contributed by atoms with E-state index in [0.29, 0.717) is 0 Å². The van der Waals surface area contributed by atoms with Crippen molar-refractivity contribution in [2.75, 3.05) is 26.5 Å². The molecular weight excluding hydrogens is 340 g/mol. The Bertz CT molecular complexity index is 472. The average Bonchev–Trinajstić information content (AvgIpc) is 2.53. The molecule has 0 spiro atoms. The second-order valence-corrected chi connectivity index (χ2v) is 5.88. The van der Waals surface area contributed by atoms with Gasteiger partial charge in [-0.1, -0.05) is 13.8 Å². The van der Waals surface area contributed by atoms with Crippen LogP contribution in [0.2, 0.25) is 0 Å². The molecule has 0 aromatic carbocycles. The molecule has 0 radical (unpaired) electrons. The minimum atomic E-state index is -1.25. The maximum absolute atomic E-state index is 12.4. The molecule has 1 unspecified atom stereocenters. The van der Waals surface area contributed by atoms with Crippen molar-refractivity contribution in [1.82, 2.24) is 20.7 Å². The van der Waals surface area contributed by atoms with E-state index in [0.717, 1.165) is 9.91 Å². The van der Waals surface area contributed by atoms with Gasteiger partial charge in [0.2, 0.25) is 5.91 Å². The highest BCUT2D eigenvalue weighted by atomic mass is 35.5. The first-order valence-corrected chi connectivity index (χ1v) is 8.00. The van der Waals surface area contributed by atoms with Crippen LogP contribution in [-0.4, -0.2) is 71.4 Å². The maximum atomic E-state index is 12.4. The summed E-state index contributed by atoms with van der Waals surface area (Å²) >= 11 is 5.51. The van der Waals surface area contributed by atoms with Crippen LogP contribution in [0.4, 0.5) is 4.79 Å². The number of carbonyl (C=O) groups excluding carboxylic acids is 3. The molecule has 0 aliphatic rings. The second-order valence-electron chi connectivity index (χ2n) is 5.62. The third-order valence-corrected chi connectivity index (χ3v) is 3.50. The molecule has 0 aliphatic carbocycles. The van der Waals surface area contributed by atoms with Gasteiger partial charge in [0.1, 0.15) is 11.9 Å². The Kier molecular flexibility index (Phi) is 9.79. The third-order valence-electron chi connectivity index (χ3n) is 3.27. The Morgan fingerprint density at radius 1 is 1.21 bits per heavy atom. The summed E-state index contributed by atoms with van der Waals surface area (Å²) in [6.45, 7) is 3.63. The highest BCUT2D eigenvalue weighted by Gasteiger charge is 2.29. The number of hydrogen-bond acceptors (Lipinski definition) is 4. The summed E-state index contributed by atoms with van der Waals surface area (Å²) in [5.74, 6) is -1.86. The van der Waals surface area contributed by atoms with E-state index in [1.807, 2.05) is 13.8 Å². The summed E-state index contributed by atoms with van der Waals surface area (Å²) in [5.41, 5.74) is 2.36. The fourth-order valence-electron chi connectivity index (χ4n) is 1.88. The van der Waals surface area contributed by atoms with E-state index in [9.17, 15) is 19.2 Å². The molecule has 0 saturated heterocycles. The van der Waals surface area contributed by atoms with Crippen molar-refractivity contribution >= 4 is 35.4 Å². The van der Waals surface area contributed by atoms with Crippen LogP contribution < -0.4 is 10.7 Å². The van der Waals surface area contributed by atoms with Gasteiger partial charge in [-0.05, 0) is 12.3 Å². The maximum Gasteiger partial charge on any atom is 0.407 e. The van der Waals surface area contributed by atoms with E-state index in [1.165, 1.54) is 14.1 Å². The topological polar surface area (TPSA) is 119 Å². The van der Waals surface area contributed by atoms with Crippen LogP contribution in [0.1, 0.15) is 26.7 Å². The second kappa shape index (κ2) is 10.7. The van der Waals surface area contributed by atoms with Gasteiger partial charge in [0, 0.05) is 20.5 Å². The highest BCUT2D eigenvalue weighted by molar-refractivity contribution is 6.27. The molecule has 1 atom stereocenters. The molecule has 138 valence electrons. The van der Waals surface area contributed by atoms with Gasteiger partial charge in [-0.2, -0.15) is 0 Å². The summed E-state index contributed by atoms with van der Waals surface area (Å²) in [5, 5.41) is 12.4. The number of alkyl halides is 1. The highest BCUT2D eigenvalue weighted by Crippen LogP contribution is 2.11. The van der Waals surface area contributed by atoms with E-state index in [4.69, 9.17) is 16.7 Å². The van der Waals surface area contributed by atoms with Gasteiger partial charge in [-0.15, -0.1) is 11.6 Å². The Hall–Kier alpha value is -2.03. The van der Waals surface area contributed by atoms with Crippen LogP contribution in [0, 0.1) is 5.92 Å². The van der Waals surface area contributed by atoms with Gasteiger partial charge >= 0.3 is 6.09 Å². The van der Waals surface area contributed by atoms with E-state index in [-0.39, 0.29) is 37.1 Å². The van der Waals surface area contributed by atoms with Crippen LogP contribution in [0.25, 0.3) is 0 Å². The van der Waals surface area contributed by atoms with Crippen molar-refractivity contribution in [3.63, 3.8) is 0 Å². The summed E-state index contributed by atoms with van der Waals surface area (Å²) < 4.78 is 0. The zero-order valence-corrected chi connectivity index (χ0v) is 15.1. The first-order chi connectivity index (χ1) is 11.1. The van der Waals surface area contributed by atoms with E-state index in [1.54, 1.807) is 0 Å². The first-order valence-electron chi connectivity index (χ1n) is 7.47. The predicted octanol–water partition coefficient (Wildman–Crippen LogP) is 0.246. The van der Waals surface area contributed by atoms with Crippen molar-refractivity contribution < 1.29 is 24.3 Å². The van der Waals surface area contributed by atoms with Crippen molar-refractivity contribution in [3.8, 4) is 0 Å². The number of carbonyl (C=O) groups is 4. The molecule has 24 heavy (non-hydrogen) atoms. The summed E-state index contributed by atoms with van der Waals surface area (Å²) in [7, 11) is 2.74. The van der Waals surface area contributed by atoms with Crippen molar-refractivity contribution in [3.05, 3.63) is 0 Å². The number of amides is 4. The zero-order chi connectivity index (χ0) is 18.9. The Labute approximate surface area is 146 Å². The molecule has 0 fully saturated rings. The number of rotatable bonds is 8. The lowest BCUT2D eigenvalue weighted by atomic mass is 10.0. The van der Waals surface area contributed by atoms with Crippen LogP contribution in [0.5, 0.6) is 0 Å². The summed E-state index contributed by atoms with van der Waals surface area (Å²) in [6.07, 6.45) is -0.993. The Balaban J connectivity index is 5.10. The smallest absolute Gasteiger partial charge is 0.407 e. The van der Waals surface area contributed by atoms with Gasteiger partial charge in [-0.3, -0.25) is 29.7 Å². The van der Waals surface area contributed by atoms with Crippen molar-refractivity contribution in [2.24, 2.45) is 5.92 Å². The fourth-order valence-corrected chi connectivity index (χ4v) is 2.03. The number of hydrazine groups is 1. The van der Waals surface area contributed by atoms with E-state index in [2.05, 4.69) is 10.7 Å². The standard InChI is InChI=1S/C14H25ClN4O5/c1-9(2)7-10(18(4)14(23)24)13(22)17-19(12(21)8-15)6-5-11(20)16-3/h9-10H,5-8H2,1-4H3,(H,16,20)(H,17,22)(H,23,24). The van der Waals surface area contributed by atoms with Crippen molar-refractivity contribution in [2.45, 2.75) is 32.7 Å². The minimum absolute atomic E-state index is 0.0248. The Morgan fingerprint density at radius 3 is 2.21 bits per heavy atom. The molecule has 0 heterocycles. The lowest BCUT2D eigenvalue weighted by molar-refractivity contribution is -0.142. The van der Waals surface area contributed by atoms with Gasteiger partial charge in [0.25, 0.3) is 11.8 Å². The summed E-state index contributed by atoms with van der Waals surface area (Å²) in [6, 6.07) is -0.965. The van der Waals surface area contributed by atoms with E-state index >= 15 is 0 Å². The lowest BCUT2D eigenvalue weighted by Gasteiger charge is -2.29. The SMILES string of the molecule is CNC(=O)CCN(NC(=O)C(CC(C)C)N(C)C(=O)O)C(=O)CCl. The van der Waals surface area contributed by atoms with Gasteiger partial charge in [0.15, 0.2) is 0 Å². The molecule has 0 saturated carbocycles. The molecule has 3 N–H and O–H groups in total. The molecular formula is C14H25ClN4O5. The fraction of sp³-hybridized carbons (Fsp3) is 0.714. The normalized spacial score (nSPS) is 11.6. The molecule has 0 aromatic heterocycles. The predicted molar refractivity (Wildman–Crippen MR) is 88.3 cm³/mol. The van der Waals surface area contributed by atoms with Gasteiger partial charge in [-0.25, -0.2) is 4.79 Å². The van der Waals surface area contributed by atoms with Crippen molar-refractivity contribution in [1.29, 1.82) is 0 Å². The monoisotopic (exact) mass is 364 g/mol. The number of nitrogens with zero attached hydrogens (tertiary/aromatic N) is 2. The molecule has 0 rings (SSSR count). The molecule has 0 aromatic rings. The number of halogens is 1. The van der Waals surface area contributed by atoms with Crippen LogP contribution >= 0.6 is 11.6 Å². The van der Waals surface area contributed by atoms with Crippen LogP contribution in [0.3, 0.4) is 0 Å². The van der Waals surface area contributed by atoms with E-state index < -0.39 is 23.9 Å². The van der Waals surface area contributed by atoms with Crippen LogP contribution in [0.15, 0.2) is 0 Å². The quantitative estimate of drug-likeness (QED) is 0.421. The minimum Gasteiger partial charge on any atom is -0.465 e. The van der Waals surface area contributed by atoms with Gasteiger partial charge < -0.3 is 10.4 Å². The molecule has 9 nitrogen and oxygen atoms in total. The third kappa shape index (κ3) is 7.49. The van der Waals surface area contributed by atoms with Gasteiger partial charge in [0.05, 0.1) is 6.54 Å². The van der Waals surface area contributed by atoms with Crippen LogP contribution in [-0.2, 0) is 14.4 Å².